The first-order valence-electron chi connectivity index (χ1n) is 10.5. The molecular weight excluding hydrogens is 456 g/mol. The van der Waals surface area contributed by atoms with Crippen LogP contribution >= 0.6 is 11.6 Å². The fourth-order valence-electron chi connectivity index (χ4n) is 3.50. The number of carbonyl (C=O) groups is 2. The van der Waals surface area contributed by atoms with Crippen LogP contribution in [0.3, 0.4) is 0 Å². The summed E-state index contributed by atoms with van der Waals surface area (Å²) < 4.78 is 10.8. The zero-order valence-electron chi connectivity index (χ0n) is 18.2. The Balaban J connectivity index is 1.44. The largest absolute Gasteiger partial charge is 0.481 e. The molecule has 34 heavy (non-hydrogen) atoms. The molecule has 8 heteroatoms. The summed E-state index contributed by atoms with van der Waals surface area (Å²) in [5, 5.41) is 12.0. The van der Waals surface area contributed by atoms with Crippen molar-refractivity contribution in [3.8, 4) is 22.4 Å². The van der Waals surface area contributed by atoms with E-state index in [4.69, 9.17) is 25.9 Å². The number of aromatic nitrogens is 1. The third-order valence-corrected chi connectivity index (χ3v) is 5.56. The number of nitrogens with one attached hydrogen (secondary N) is 1. The predicted molar refractivity (Wildman–Crippen MR) is 129 cm³/mol. The van der Waals surface area contributed by atoms with Crippen LogP contribution in [0.4, 0.5) is 10.7 Å². The number of aliphatic carboxylic acids is 1. The van der Waals surface area contributed by atoms with Gasteiger partial charge in [-0.15, -0.1) is 0 Å². The van der Waals surface area contributed by atoms with Crippen molar-refractivity contribution in [3.05, 3.63) is 95.3 Å². The van der Waals surface area contributed by atoms with Gasteiger partial charge in [-0.25, -0.2) is 9.78 Å². The van der Waals surface area contributed by atoms with E-state index in [1.54, 1.807) is 37.3 Å². The lowest BCUT2D eigenvalue weighted by atomic mass is 10.0. The van der Waals surface area contributed by atoms with Crippen LogP contribution in [-0.4, -0.2) is 22.2 Å². The molecule has 0 fully saturated rings. The second-order valence-electron chi connectivity index (χ2n) is 7.57. The Hall–Kier alpha value is -4.10. The summed E-state index contributed by atoms with van der Waals surface area (Å²) >= 11 is 6.17. The van der Waals surface area contributed by atoms with Crippen LogP contribution in [0, 0.1) is 0 Å². The Morgan fingerprint density at radius 3 is 2.26 bits per heavy atom. The molecule has 0 saturated carbocycles. The van der Waals surface area contributed by atoms with E-state index in [0.29, 0.717) is 16.3 Å². The van der Waals surface area contributed by atoms with E-state index in [1.807, 2.05) is 42.5 Å². The van der Waals surface area contributed by atoms with E-state index in [1.165, 1.54) is 6.39 Å². The highest BCUT2D eigenvalue weighted by Crippen LogP contribution is 2.30. The monoisotopic (exact) mass is 476 g/mol. The van der Waals surface area contributed by atoms with E-state index >= 15 is 0 Å². The minimum Gasteiger partial charge on any atom is -0.481 e. The Bertz CT molecular complexity index is 1300. The second kappa shape index (κ2) is 10.2. The van der Waals surface area contributed by atoms with Crippen molar-refractivity contribution >= 4 is 29.5 Å². The van der Waals surface area contributed by atoms with E-state index in [9.17, 15) is 9.59 Å². The van der Waals surface area contributed by atoms with E-state index in [0.717, 1.165) is 22.3 Å². The number of rotatable bonds is 7. The van der Waals surface area contributed by atoms with E-state index in [2.05, 4.69) is 10.3 Å². The average Bonchev–Trinajstić information content (AvgIpc) is 3.27. The highest BCUT2D eigenvalue weighted by Gasteiger charge is 2.18. The second-order valence-corrected chi connectivity index (χ2v) is 7.98. The van der Waals surface area contributed by atoms with Gasteiger partial charge < -0.3 is 14.3 Å². The summed E-state index contributed by atoms with van der Waals surface area (Å²) in [5.74, 6) is -0.696. The molecule has 0 spiro atoms. The van der Waals surface area contributed by atoms with Gasteiger partial charge in [0.1, 0.15) is 11.8 Å². The van der Waals surface area contributed by atoms with Gasteiger partial charge in [0, 0.05) is 16.1 Å². The van der Waals surface area contributed by atoms with Gasteiger partial charge in [-0.1, -0.05) is 78.3 Å². The number of benzene rings is 3. The number of hydrogen-bond donors (Lipinski definition) is 2. The van der Waals surface area contributed by atoms with Gasteiger partial charge in [0.05, 0.1) is 6.42 Å². The molecule has 1 atom stereocenters. The van der Waals surface area contributed by atoms with Crippen LogP contribution in [0.1, 0.15) is 24.2 Å². The fraction of sp³-hybridized carbons (Fsp3) is 0.115. The number of halogens is 1. The molecule has 1 heterocycles. The molecule has 0 aliphatic carbocycles. The lowest BCUT2D eigenvalue weighted by Crippen LogP contribution is -2.16. The summed E-state index contributed by atoms with van der Waals surface area (Å²) in [6.45, 7) is 1.73. The van der Waals surface area contributed by atoms with Gasteiger partial charge in [-0.3, -0.25) is 10.1 Å². The molecule has 172 valence electrons. The Kier molecular flexibility index (Phi) is 6.94. The van der Waals surface area contributed by atoms with Crippen molar-refractivity contribution < 1.29 is 23.8 Å². The molecule has 0 aliphatic heterocycles. The summed E-state index contributed by atoms with van der Waals surface area (Å²) in [6, 6.07) is 22.1. The number of hydrogen-bond acceptors (Lipinski definition) is 5. The number of carbonyl (C=O) groups excluding carboxylic acids is 1. The minimum atomic E-state index is -0.865. The smallest absolute Gasteiger partial charge is 0.414 e. The normalized spacial score (nSPS) is 11.6. The van der Waals surface area contributed by atoms with Gasteiger partial charge in [0.15, 0.2) is 6.39 Å². The molecule has 0 aliphatic rings. The third-order valence-electron chi connectivity index (χ3n) is 5.21. The van der Waals surface area contributed by atoms with Crippen molar-refractivity contribution in [2.45, 2.75) is 19.4 Å². The van der Waals surface area contributed by atoms with E-state index < -0.39 is 18.2 Å². The first-order valence-corrected chi connectivity index (χ1v) is 10.9. The van der Waals surface area contributed by atoms with Gasteiger partial charge in [-0.05, 0) is 29.7 Å². The maximum atomic E-state index is 12.4. The van der Waals surface area contributed by atoms with Crippen LogP contribution in [0.5, 0.6) is 0 Å². The maximum Gasteiger partial charge on any atom is 0.414 e. The summed E-state index contributed by atoms with van der Waals surface area (Å²) in [7, 11) is 0. The summed E-state index contributed by atoms with van der Waals surface area (Å²) in [4.78, 5) is 27.5. The van der Waals surface area contributed by atoms with Crippen molar-refractivity contribution in [1.29, 1.82) is 0 Å². The topological polar surface area (TPSA) is 102 Å². The van der Waals surface area contributed by atoms with Gasteiger partial charge in [0.25, 0.3) is 0 Å². The first-order chi connectivity index (χ1) is 16.4. The molecule has 1 amide bonds. The lowest BCUT2D eigenvalue weighted by molar-refractivity contribution is -0.136. The molecule has 0 bridgehead atoms. The molecule has 2 N–H and O–H groups in total. The minimum absolute atomic E-state index is 0.0131. The number of nitrogens with zero attached hydrogens (tertiary/aromatic N) is 1. The van der Waals surface area contributed by atoms with Crippen molar-refractivity contribution in [1.82, 2.24) is 4.98 Å². The number of oxazole rings is 1. The zero-order valence-corrected chi connectivity index (χ0v) is 19.0. The van der Waals surface area contributed by atoms with E-state index in [-0.39, 0.29) is 12.3 Å². The lowest BCUT2D eigenvalue weighted by Gasteiger charge is -2.15. The van der Waals surface area contributed by atoms with Gasteiger partial charge in [0.2, 0.25) is 5.88 Å². The average molecular weight is 477 g/mol. The van der Waals surface area contributed by atoms with Crippen molar-refractivity contribution in [2.24, 2.45) is 0 Å². The number of carboxylic acids is 1. The van der Waals surface area contributed by atoms with Crippen molar-refractivity contribution in [2.75, 3.05) is 5.32 Å². The summed E-state index contributed by atoms with van der Waals surface area (Å²) in [5.41, 5.74) is 4.55. The molecule has 4 rings (SSSR count). The standard InChI is InChI=1S/C26H21ClN2O5/c1-16(21-4-2-3-5-22(21)27)34-26(32)29-25-24(28-15-33-25)20-12-10-19(11-13-20)18-8-6-17(7-9-18)14-23(30)31/h2-13,15-16H,14H2,1H3,(H,29,32)(H,30,31). The molecule has 0 radical (unpaired) electrons. The third kappa shape index (κ3) is 5.44. The van der Waals surface area contributed by atoms with Gasteiger partial charge >= 0.3 is 12.1 Å². The Morgan fingerprint density at radius 1 is 1.00 bits per heavy atom. The SMILES string of the molecule is CC(OC(=O)Nc1ocnc1-c1ccc(-c2ccc(CC(=O)O)cc2)cc1)c1ccccc1Cl. The number of amides is 1. The van der Waals surface area contributed by atoms with Crippen LogP contribution in [0.15, 0.2) is 83.6 Å². The molecule has 1 unspecified atom stereocenters. The molecule has 4 aromatic rings. The van der Waals surface area contributed by atoms with Crippen LogP contribution in [0.25, 0.3) is 22.4 Å². The molecule has 1 aromatic heterocycles. The predicted octanol–water partition coefficient (Wildman–Crippen LogP) is 6.60. The fourth-order valence-corrected chi connectivity index (χ4v) is 3.79. The molecule has 3 aromatic carbocycles. The molecule has 0 saturated heterocycles. The quantitative estimate of drug-likeness (QED) is 0.311. The Morgan fingerprint density at radius 2 is 1.62 bits per heavy atom. The highest BCUT2D eigenvalue weighted by molar-refractivity contribution is 6.31. The highest BCUT2D eigenvalue weighted by atomic mass is 35.5. The van der Waals surface area contributed by atoms with Crippen LogP contribution in [-0.2, 0) is 16.0 Å². The summed E-state index contributed by atoms with van der Waals surface area (Å²) in [6.07, 6.45) is -0.0112. The Labute approximate surface area is 201 Å². The van der Waals surface area contributed by atoms with Gasteiger partial charge in [-0.2, -0.15) is 0 Å². The van der Waals surface area contributed by atoms with Crippen LogP contribution < -0.4 is 5.32 Å². The number of anilines is 1. The molecule has 7 nitrogen and oxygen atoms in total. The first kappa shape index (κ1) is 23.1. The zero-order chi connectivity index (χ0) is 24.1. The van der Waals surface area contributed by atoms with Crippen molar-refractivity contribution in [3.63, 3.8) is 0 Å². The van der Waals surface area contributed by atoms with Crippen LogP contribution in [0.2, 0.25) is 5.02 Å². The number of carboxylic acid groups (broad SMARTS) is 1. The number of ether oxygens (including phenoxy) is 1. The maximum absolute atomic E-state index is 12.4. The molecular formula is C26H21ClN2O5.